The molecule has 0 aliphatic heterocycles. The third-order valence-corrected chi connectivity index (χ3v) is 3.99. The number of nitrogens with zero attached hydrogens (tertiary/aromatic N) is 2. The first kappa shape index (κ1) is 15.9. The van der Waals surface area contributed by atoms with Crippen molar-refractivity contribution in [3.05, 3.63) is 30.0 Å². The molecule has 1 aromatic carbocycles. The van der Waals surface area contributed by atoms with Crippen LogP contribution in [0.5, 0.6) is 0 Å². The van der Waals surface area contributed by atoms with Gasteiger partial charge in [-0.05, 0) is 18.9 Å². The topological polar surface area (TPSA) is 65.1 Å². The number of rotatable bonds is 7. The number of nitrogens with one attached hydrogen (secondary N) is 1. The van der Waals surface area contributed by atoms with Crippen molar-refractivity contribution in [2.45, 2.75) is 45.9 Å². The Morgan fingerprint density at radius 3 is 2.62 bits per heavy atom. The second kappa shape index (κ2) is 7.02. The van der Waals surface area contributed by atoms with Crippen LogP contribution in [0.3, 0.4) is 0 Å². The van der Waals surface area contributed by atoms with Crippen molar-refractivity contribution < 1.29 is 4.74 Å². The maximum Gasteiger partial charge on any atom is 0.0764 e. The largest absolute Gasteiger partial charge is 0.380 e. The van der Waals surface area contributed by atoms with E-state index >= 15 is 0 Å². The van der Waals surface area contributed by atoms with Crippen LogP contribution < -0.4 is 11.3 Å². The minimum atomic E-state index is 0.0404. The Morgan fingerprint density at radius 1 is 1.33 bits per heavy atom. The lowest BCUT2D eigenvalue weighted by Crippen LogP contribution is -2.48. The lowest BCUT2D eigenvalue weighted by Gasteiger charge is -2.28. The van der Waals surface area contributed by atoms with Gasteiger partial charge >= 0.3 is 0 Å². The summed E-state index contributed by atoms with van der Waals surface area (Å²) in [7, 11) is 1.73. The molecule has 2 aromatic rings. The molecule has 1 heterocycles. The first-order valence-electron chi connectivity index (χ1n) is 7.55. The monoisotopic (exact) mass is 290 g/mol. The average molecular weight is 290 g/mol. The number of hydrogen-bond acceptors (Lipinski definition) is 4. The molecule has 0 radical (unpaired) electrons. The SMILES string of the molecule is CCn1nc(CC(NN)C(OC)C(C)C)c2ccccc21. The van der Waals surface area contributed by atoms with Gasteiger partial charge in [0.05, 0.1) is 23.4 Å². The smallest absolute Gasteiger partial charge is 0.0764 e. The molecule has 5 nitrogen and oxygen atoms in total. The molecular formula is C16H26N4O. The van der Waals surface area contributed by atoms with Crippen molar-refractivity contribution in [1.82, 2.24) is 15.2 Å². The molecule has 2 atom stereocenters. The zero-order chi connectivity index (χ0) is 15.4. The van der Waals surface area contributed by atoms with Crippen LogP contribution in [0.2, 0.25) is 0 Å². The van der Waals surface area contributed by atoms with E-state index in [4.69, 9.17) is 15.7 Å². The van der Waals surface area contributed by atoms with Crippen LogP contribution in [0.25, 0.3) is 10.9 Å². The summed E-state index contributed by atoms with van der Waals surface area (Å²) >= 11 is 0. The summed E-state index contributed by atoms with van der Waals surface area (Å²) < 4.78 is 7.64. The summed E-state index contributed by atoms with van der Waals surface area (Å²) in [4.78, 5) is 0. The van der Waals surface area contributed by atoms with Gasteiger partial charge in [0.15, 0.2) is 0 Å². The van der Waals surface area contributed by atoms with Gasteiger partial charge in [0.1, 0.15) is 0 Å². The third-order valence-electron chi connectivity index (χ3n) is 3.99. The minimum absolute atomic E-state index is 0.0404. The highest BCUT2D eigenvalue weighted by Gasteiger charge is 2.25. The fraction of sp³-hybridized carbons (Fsp3) is 0.562. The number of para-hydroxylation sites is 1. The molecule has 2 unspecified atom stereocenters. The molecule has 21 heavy (non-hydrogen) atoms. The quantitative estimate of drug-likeness (QED) is 0.605. The second-order valence-electron chi connectivity index (χ2n) is 5.70. The van der Waals surface area contributed by atoms with E-state index in [1.54, 1.807) is 7.11 Å². The maximum atomic E-state index is 5.75. The molecule has 0 spiro atoms. The van der Waals surface area contributed by atoms with Crippen molar-refractivity contribution in [1.29, 1.82) is 0 Å². The highest BCUT2D eigenvalue weighted by Crippen LogP contribution is 2.22. The van der Waals surface area contributed by atoms with Gasteiger partial charge < -0.3 is 4.74 Å². The van der Waals surface area contributed by atoms with E-state index in [0.29, 0.717) is 5.92 Å². The van der Waals surface area contributed by atoms with Crippen LogP contribution in [0.4, 0.5) is 0 Å². The molecule has 0 saturated heterocycles. The van der Waals surface area contributed by atoms with Gasteiger partial charge in [0.2, 0.25) is 0 Å². The van der Waals surface area contributed by atoms with Gasteiger partial charge in [-0.15, -0.1) is 0 Å². The van der Waals surface area contributed by atoms with Crippen LogP contribution in [0, 0.1) is 5.92 Å². The molecule has 1 aromatic heterocycles. The second-order valence-corrected chi connectivity index (χ2v) is 5.70. The first-order valence-corrected chi connectivity index (χ1v) is 7.55. The van der Waals surface area contributed by atoms with Crippen molar-refractivity contribution in [2.24, 2.45) is 11.8 Å². The van der Waals surface area contributed by atoms with Crippen LogP contribution in [0.1, 0.15) is 26.5 Å². The molecule has 5 heteroatoms. The number of methoxy groups -OCH3 is 1. The number of aromatic nitrogens is 2. The number of benzene rings is 1. The summed E-state index contributed by atoms with van der Waals surface area (Å²) in [6, 6.07) is 8.36. The molecule has 116 valence electrons. The summed E-state index contributed by atoms with van der Waals surface area (Å²) in [6.45, 7) is 7.25. The van der Waals surface area contributed by atoms with Crippen LogP contribution in [-0.2, 0) is 17.7 Å². The van der Waals surface area contributed by atoms with E-state index in [1.165, 1.54) is 10.9 Å². The van der Waals surface area contributed by atoms with Gasteiger partial charge in [0, 0.05) is 25.5 Å². The van der Waals surface area contributed by atoms with Gasteiger partial charge in [-0.1, -0.05) is 32.0 Å². The van der Waals surface area contributed by atoms with E-state index in [1.807, 2.05) is 10.7 Å². The normalized spacial score (nSPS) is 14.8. The lowest BCUT2D eigenvalue weighted by atomic mass is 9.95. The lowest BCUT2D eigenvalue weighted by molar-refractivity contribution is 0.0330. The Morgan fingerprint density at radius 2 is 2.05 bits per heavy atom. The summed E-state index contributed by atoms with van der Waals surface area (Å²) in [5.41, 5.74) is 5.14. The van der Waals surface area contributed by atoms with Gasteiger partial charge in [-0.3, -0.25) is 16.0 Å². The highest BCUT2D eigenvalue weighted by atomic mass is 16.5. The summed E-state index contributed by atoms with van der Waals surface area (Å²) in [5, 5.41) is 5.93. The van der Waals surface area contributed by atoms with Crippen LogP contribution >= 0.6 is 0 Å². The predicted molar refractivity (Wildman–Crippen MR) is 85.9 cm³/mol. The minimum Gasteiger partial charge on any atom is -0.380 e. The fourth-order valence-electron chi connectivity index (χ4n) is 2.97. The van der Waals surface area contributed by atoms with Gasteiger partial charge in [0.25, 0.3) is 0 Å². The number of hydrogen-bond donors (Lipinski definition) is 2. The Labute approximate surface area is 126 Å². The van der Waals surface area contributed by atoms with E-state index in [0.717, 1.165) is 18.7 Å². The van der Waals surface area contributed by atoms with Crippen molar-refractivity contribution in [3.63, 3.8) is 0 Å². The Kier molecular flexibility index (Phi) is 5.33. The van der Waals surface area contributed by atoms with Gasteiger partial charge in [-0.2, -0.15) is 5.10 Å². The molecule has 0 aliphatic rings. The fourth-order valence-corrected chi connectivity index (χ4v) is 2.97. The summed E-state index contributed by atoms with van der Waals surface area (Å²) in [5.74, 6) is 6.14. The number of ether oxygens (including phenoxy) is 1. The molecule has 2 rings (SSSR count). The molecule has 0 fully saturated rings. The molecule has 0 bridgehead atoms. The number of hydrazine groups is 1. The standard InChI is InChI=1S/C16H26N4O/c1-5-20-15-9-7-6-8-12(15)13(19-20)10-14(18-17)16(21-4)11(2)3/h6-9,11,14,16,18H,5,10,17H2,1-4H3. The number of fused-ring (bicyclic) bond motifs is 1. The van der Waals surface area contributed by atoms with E-state index < -0.39 is 0 Å². The highest BCUT2D eigenvalue weighted by molar-refractivity contribution is 5.82. The molecule has 3 N–H and O–H groups in total. The average Bonchev–Trinajstić information content (AvgIpc) is 2.84. The molecule has 0 saturated carbocycles. The molecule has 0 amide bonds. The zero-order valence-electron chi connectivity index (χ0n) is 13.3. The van der Waals surface area contributed by atoms with E-state index in [2.05, 4.69) is 44.4 Å². The van der Waals surface area contributed by atoms with Crippen molar-refractivity contribution >= 4 is 10.9 Å². The number of nitrogens with two attached hydrogens (primary N) is 1. The van der Waals surface area contributed by atoms with Crippen molar-refractivity contribution in [2.75, 3.05) is 7.11 Å². The Bertz CT molecular complexity index is 579. The zero-order valence-corrected chi connectivity index (χ0v) is 13.3. The molecular weight excluding hydrogens is 264 g/mol. The Hall–Kier alpha value is -1.43. The van der Waals surface area contributed by atoms with E-state index in [9.17, 15) is 0 Å². The first-order chi connectivity index (χ1) is 10.1. The third kappa shape index (κ3) is 3.26. The van der Waals surface area contributed by atoms with Crippen LogP contribution in [-0.4, -0.2) is 29.0 Å². The summed E-state index contributed by atoms with van der Waals surface area (Å²) in [6.07, 6.45) is 0.807. The predicted octanol–water partition coefficient (Wildman–Crippen LogP) is 2.10. The van der Waals surface area contributed by atoms with Crippen LogP contribution in [0.15, 0.2) is 24.3 Å². The van der Waals surface area contributed by atoms with Crippen molar-refractivity contribution in [3.8, 4) is 0 Å². The molecule has 0 aliphatic carbocycles. The number of aryl methyl sites for hydroxylation is 1. The van der Waals surface area contributed by atoms with E-state index in [-0.39, 0.29) is 12.1 Å². The maximum absolute atomic E-state index is 5.75. The Balaban J connectivity index is 2.33. The van der Waals surface area contributed by atoms with Gasteiger partial charge in [-0.25, -0.2) is 0 Å².